The number of hydrogen-bond acceptors (Lipinski definition) is 3. The second-order valence-corrected chi connectivity index (χ2v) is 6.92. The van der Waals surface area contributed by atoms with Crippen molar-refractivity contribution in [3.05, 3.63) is 82.4 Å². The fourth-order valence-electron chi connectivity index (χ4n) is 2.89. The molecule has 134 valence electrons. The molecule has 0 atom stereocenters. The van der Waals surface area contributed by atoms with Gasteiger partial charge < -0.3 is 9.73 Å². The van der Waals surface area contributed by atoms with E-state index in [-0.39, 0.29) is 5.91 Å². The van der Waals surface area contributed by atoms with Gasteiger partial charge in [0.2, 0.25) is 5.89 Å². The van der Waals surface area contributed by atoms with Crippen molar-refractivity contribution in [2.75, 3.05) is 5.32 Å². The largest absolute Gasteiger partial charge is 0.436 e. The van der Waals surface area contributed by atoms with E-state index < -0.39 is 0 Å². The van der Waals surface area contributed by atoms with Gasteiger partial charge in [0.15, 0.2) is 5.58 Å². The third-order valence-corrected chi connectivity index (χ3v) is 4.59. The number of nitrogens with one attached hydrogen (secondary N) is 1. The minimum absolute atomic E-state index is 0.259. The Kier molecular flexibility index (Phi) is 4.42. The summed E-state index contributed by atoms with van der Waals surface area (Å²) in [5, 5.41) is 3.31. The first-order valence-corrected chi connectivity index (χ1v) is 8.92. The number of aromatic nitrogens is 1. The molecular formula is C22H17ClN2O2. The molecular weight excluding hydrogens is 360 g/mol. The van der Waals surface area contributed by atoms with E-state index in [1.54, 1.807) is 12.1 Å². The maximum absolute atomic E-state index is 12.5. The molecule has 0 saturated heterocycles. The zero-order chi connectivity index (χ0) is 19.0. The number of anilines is 1. The molecule has 0 aliphatic rings. The van der Waals surface area contributed by atoms with Gasteiger partial charge in [0.1, 0.15) is 5.52 Å². The summed E-state index contributed by atoms with van der Waals surface area (Å²) >= 11 is 6.19. The number of benzene rings is 3. The average molecular weight is 377 g/mol. The van der Waals surface area contributed by atoms with Crippen LogP contribution in [0.15, 0.2) is 65.1 Å². The van der Waals surface area contributed by atoms with Crippen LogP contribution in [0.3, 0.4) is 0 Å². The lowest BCUT2D eigenvalue weighted by Gasteiger charge is -2.08. The number of oxazole rings is 1. The van der Waals surface area contributed by atoms with Crippen molar-refractivity contribution in [1.82, 2.24) is 4.98 Å². The third kappa shape index (κ3) is 3.57. The summed E-state index contributed by atoms with van der Waals surface area (Å²) in [7, 11) is 0. The van der Waals surface area contributed by atoms with E-state index in [9.17, 15) is 4.79 Å². The predicted molar refractivity (Wildman–Crippen MR) is 108 cm³/mol. The van der Waals surface area contributed by atoms with Crippen LogP contribution in [0.2, 0.25) is 5.02 Å². The summed E-state index contributed by atoms with van der Waals surface area (Å²) in [6, 6.07) is 18.6. The first-order valence-electron chi connectivity index (χ1n) is 8.55. The highest BCUT2D eigenvalue weighted by atomic mass is 35.5. The van der Waals surface area contributed by atoms with Gasteiger partial charge in [0, 0.05) is 11.3 Å². The van der Waals surface area contributed by atoms with Crippen LogP contribution in [-0.4, -0.2) is 10.9 Å². The Balaban J connectivity index is 1.62. The van der Waals surface area contributed by atoms with E-state index in [1.165, 1.54) is 0 Å². The number of amides is 1. The molecule has 4 aromatic rings. The summed E-state index contributed by atoms with van der Waals surface area (Å²) < 4.78 is 5.84. The normalized spacial score (nSPS) is 10.9. The van der Waals surface area contributed by atoms with Gasteiger partial charge in [-0.15, -0.1) is 0 Å². The van der Waals surface area contributed by atoms with Crippen LogP contribution in [-0.2, 0) is 0 Å². The predicted octanol–water partition coefficient (Wildman–Crippen LogP) is 6.02. The summed E-state index contributed by atoms with van der Waals surface area (Å²) in [6.45, 7) is 3.94. The lowest BCUT2D eigenvalue weighted by atomic mass is 10.1. The minimum atomic E-state index is -0.259. The molecule has 0 aliphatic heterocycles. The maximum Gasteiger partial charge on any atom is 0.257 e. The first-order chi connectivity index (χ1) is 13.0. The van der Waals surface area contributed by atoms with Crippen molar-refractivity contribution in [3.8, 4) is 11.5 Å². The molecule has 3 aromatic carbocycles. The van der Waals surface area contributed by atoms with Gasteiger partial charge in [0.25, 0.3) is 5.91 Å². The van der Waals surface area contributed by atoms with E-state index in [0.29, 0.717) is 22.2 Å². The van der Waals surface area contributed by atoms with E-state index in [4.69, 9.17) is 16.0 Å². The lowest BCUT2D eigenvalue weighted by molar-refractivity contribution is 0.102. The quantitative estimate of drug-likeness (QED) is 0.475. The molecule has 1 heterocycles. The Morgan fingerprint density at radius 1 is 1.00 bits per heavy atom. The van der Waals surface area contributed by atoms with Gasteiger partial charge in [-0.2, -0.15) is 0 Å². The van der Waals surface area contributed by atoms with Gasteiger partial charge in [-0.05, 0) is 67.4 Å². The Bertz CT molecular complexity index is 1160. The molecule has 4 nitrogen and oxygen atoms in total. The van der Waals surface area contributed by atoms with Gasteiger partial charge in [-0.25, -0.2) is 4.98 Å². The van der Waals surface area contributed by atoms with Crippen LogP contribution < -0.4 is 5.32 Å². The second-order valence-electron chi connectivity index (χ2n) is 6.51. The highest BCUT2D eigenvalue weighted by molar-refractivity contribution is 6.34. The molecule has 1 aromatic heterocycles. The number of halogens is 1. The SMILES string of the molecule is Cc1ccc(C(=O)Nc2cccc(-c3nc4cc(C)ccc4o3)c2)c(Cl)c1. The van der Waals surface area contributed by atoms with Crippen LogP contribution in [0.1, 0.15) is 21.5 Å². The van der Waals surface area contributed by atoms with Crippen LogP contribution in [0, 0.1) is 13.8 Å². The average Bonchev–Trinajstić information content (AvgIpc) is 3.05. The molecule has 0 saturated carbocycles. The van der Waals surface area contributed by atoms with Crippen LogP contribution in [0.4, 0.5) is 5.69 Å². The monoisotopic (exact) mass is 376 g/mol. The van der Waals surface area contributed by atoms with Gasteiger partial charge in [0.05, 0.1) is 10.6 Å². The Morgan fingerprint density at radius 2 is 1.78 bits per heavy atom. The topological polar surface area (TPSA) is 55.1 Å². The molecule has 5 heteroatoms. The zero-order valence-corrected chi connectivity index (χ0v) is 15.7. The second kappa shape index (κ2) is 6.89. The van der Waals surface area contributed by atoms with Crippen molar-refractivity contribution < 1.29 is 9.21 Å². The molecule has 4 rings (SSSR count). The molecule has 0 bridgehead atoms. The van der Waals surface area contributed by atoms with Gasteiger partial charge in [-0.1, -0.05) is 29.8 Å². The smallest absolute Gasteiger partial charge is 0.257 e. The molecule has 1 amide bonds. The summed E-state index contributed by atoms with van der Waals surface area (Å²) in [5.74, 6) is 0.255. The number of carbonyl (C=O) groups excluding carboxylic acids is 1. The van der Waals surface area contributed by atoms with Crippen LogP contribution >= 0.6 is 11.6 Å². The van der Waals surface area contributed by atoms with E-state index >= 15 is 0 Å². The fourth-order valence-corrected chi connectivity index (χ4v) is 3.21. The molecule has 0 radical (unpaired) electrons. The summed E-state index contributed by atoms with van der Waals surface area (Å²) in [6.07, 6.45) is 0. The highest BCUT2D eigenvalue weighted by Crippen LogP contribution is 2.27. The number of rotatable bonds is 3. The third-order valence-electron chi connectivity index (χ3n) is 4.28. The minimum Gasteiger partial charge on any atom is -0.436 e. The van der Waals surface area contributed by atoms with E-state index in [0.717, 1.165) is 27.8 Å². The standard InChI is InChI=1S/C22H17ClN2O2/c1-13-6-8-17(18(23)10-13)21(26)24-16-5-3-4-15(12-16)22-25-19-11-14(2)7-9-20(19)27-22/h3-12H,1-2H3,(H,24,26). The fraction of sp³-hybridized carbons (Fsp3) is 0.0909. The molecule has 27 heavy (non-hydrogen) atoms. The zero-order valence-electron chi connectivity index (χ0n) is 14.9. The van der Waals surface area contributed by atoms with Gasteiger partial charge in [-0.3, -0.25) is 4.79 Å². The number of carbonyl (C=O) groups is 1. The van der Waals surface area contributed by atoms with Crippen molar-refractivity contribution in [1.29, 1.82) is 0 Å². The molecule has 1 N–H and O–H groups in total. The van der Waals surface area contributed by atoms with Gasteiger partial charge >= 0.3 is 0 Å². The van der Waals surface area contributed by atoms with Crippen molar-refractivity contribution >= 4 is 34.3 Å². The Hall–Kier alpha value is -3.11. The highest BCUT2D eigenvalue weighted by Gasteiger charge is 2.13. The van der Waals surface area contributed by atoms with Crippen molar-refractivity contribution in [2.24, 2.45) is 0 Å². The first kappa shape index (κ1) is 17.3. The van der Waals surface area contributed by atoms with Crippen LogP contribution in [0.5, 0.6) is 0 Å². The van der Waals surface area contributed by atoms with Crippen molar-refractivity contribution in [2.45, 2.75) is 13.8 Å². The maximum atomic E-state index is 12.5. The molecule has 0 spiro atoms. The lowest BCUT2D eigenvalue weighted by Crippen LogP contribution is -2.12. The molecule has 0 unspecified atom stereocenters. The Morgan fingerprint density at radius 3 is 2.59 bits per heavy atom. The summed E-state index contributed by atoms with van der Waals surface area (Å²) in [5.41, 5.74) is 5.54. The van der Waals surface area contributed by atoms with E-state index in [1.807, 2.05) is 62.4 Å². The number of aryl methyl sites for hydroxylation is 2. The number of hydrogen-bond donors (Lipinski definition) is 1. The summed E-state index contributed by atoms with van der Waals surface area (Å²) in [4.78, 5) is 17.1. The number of fused-ring (bicyclic) bond motifs is 1. The Labute approximate surface area is 161 Å². The van der Waals surface area contributed by atoms with E-state index in [2.05, 4.69) is 10.3 Å². The molecule has 0 aliphatic carbocycles. The number of nitrogens with zero attached hydrogens (tertiary/aromatic N) is 1. The van der Waals surface area contributed by atoms with Crippen LogP contribution in [0.25, 0.3) is 22.6 Å². The molecule has 0 fully saturated rings. The van der Waals surface area contributed by atoms with Crippen molar-refractivity contribution in [3.63, 3.8) is 0 Å².